The quantitative estimate of drug-likeness (QED) is 0.114. The van der Waals surface area contributed by atoms with E-state index in [4.69, 9.17) is 59.0 Å². The van der Waals surface area contributed by atoms with Crippen molar-refractivity contribution in [2.75, 3.05) is 0 Å². The number of para-hydroxylation sites is 1. The summed E-state index contributed by atoms with van der Waals surface area (Å²) in [7, 11) is 0. The molecule has 17 rings (SSSR count). The van der Waals surface area contributed by atoms with Gasteiger partial charge in [0.05, 0.1) is 22.4 Å². The standard InChI is InChI=1S/C86H56N10O2/c1-53-23-19-37-66(63(44-43-54(2)97-53)52-75-89-80(57-27-9-4-10-28-57)93-81(90-75)58-29-11-5-12-30-58)84-88-72-51-62(47-48-68(72)79(92-84)64-46-45-55-24-15-16-33-60(55)49-64)61-34-20-35-65(50-61)83-94-82(59-31-13-6-14-32-59)95-86(96-83)70-39-22-42-74-77(70)76-69(38-21-41-73(76)98-74)85-87-71-40-18-17-36-67(71)78(91-85)56-25-7-3-8-26-56/h3-51,63H,1-2,52H2/b23-19?,44-43-,66-37+. The summed E-state index contributed by atoms with van der Waals surface area (Å²) in [5.74, 6) is 4.76. The van der Waals surface area contributed by atoms with E-state index in [1.54, 1.807) is 0 Å². The Labute approximate surface area is 563 Å². The van der Waals surface area contributed by atoms with Crippen molar-refractivity contribution in [3.8, 4) is 102 Å². The van der Waals surface area contributed by atoms with Crippen molar-refractivity contribution in [3.05, 3.63) is 334 Å². The molecule has 12 heteroatoms. The third kappa shape index (κ3) is 11.4. The van der Waals surface area contributed by atoms with Crippen LogP contribution in [0.5, 0.6) is 0 Å². The summed E-state index contributed by atoms with van der Waals surface area (Å²) in [6.07, 6.45) is 10.1. The van der Waals surface area contributed by atoms with E-state index in [1.165, 1.54) is 0 Å². The zero-order valence-electron chi connectivity index (χ0n) is 52.8. The van der Waals surface area contributed by atoms with Crippen LogP contribution in [0.2, 0.25) is 0 Å². The highest BCUT2D eigenvalue weighted by Gasteiger charge is 2.26. The van der Waals surface area contributed by atoms with Gasteiger partial charge in [0, 0.05) is 84.0 Å². The van der Waals surface area contributed by atoms with Gasteiger partial charge in [-0.3, -0.25) is 0 Å². The highest BCUT2D eigenvalue weighted by molar-refractivity contribution is 6.17. The number of furan rings is 1. The molecule has 462 valence electrons. The molecule has 0 N–H and O–H groups in total. The minimum absolute atomic E-state index is 0.349. The molecule has 0 spiro atoms. The molecule has 1 atom stereocenters. The Kier molecular flexibility index (Phi) is 15.0. The van der Waals surface area contributed by atoms with Crippen molar-refractivity contribution in [2.24, 2.45) is 5.92 Å². The molecule has 0 saturated heterocycles. The average Bonchev–Trinajstić information content (AvgIpc) is 1.53. The minimum Gasteiger partial charge on any atom is -0.459 e. The van der Waals surface area contributed by atoms with Gasteiger partial charge in [-0.05, 0) is 76.5 Å². The molecule has 1 unspecified atom stereocenters. The van der Waals surface area contributed by atoms with E-state index in [0.29, 0.717) is 75.7 Å². The average molecular weight is 1260 g/mol. The molecule has 0 fully saturated rings. The number of rotatable bonds is 12. The molecule has 6 heterocycles. The molecule has 1 aliphatic heterocycles. The van der Waals surface area contributed by atoms with Gasteiger partial charge < -0.3 is 9.15 Å². The van der Waals surface area contributed by atoms with Crippen LogP contribution in [0, 0.1) is 5.92 Å². The molecule has 11 aromatic carbocycles. The monoisotopic (exact) mass is 1260 g/mol. The van der Waals surface area contributed by atoms with Gasteiger partial charge in [-0.2, -0.15) is 0 Å². The van der Waals surface area contributed by atoms with Crippen molar-refractivity contribution in [2.45, 2.75) is 6.42 Å². The van der Waals surface area contributed by atoms with Crippen molar-refractivity contribution >= 4 is 60.1 Å². The van der Waals surface area contributed by atoms with Crippen LogP contribution in [0.4, 0.5) is 0 Å². The molecule has 12 nitrogen and oxygen atoms in total. The third-order valence-corrected chi connectivity index (χ3v) is 17.6. The highest BCUT2D eigenvalue weighted by atomic mass is 16.5. The van der Waals surface area contributed by atoms with Crippen LogP contribution in [0.3, 0.4) is 0 Å². The molecule has 0 bridgehead atoms. The number of allylic oxidation sites excluding steroid dienone is 6. The van der Waals surface area contributed by atoms with Gasteiger partial charge in [0.25, 0.3) is 0 Å². The molecule has 0 saturated carbocycles. The second kappa shape index (κ2) is 25.2. The number of hydrogen-bond acceptors (Lipinski definition) is 12. The van der Waals surface area contributed by atoms with Gasteiger partial charge in [-0.15, -0.1) is 0 Å². The van der Waals surface area contributed by atoms with Crippen molar-refractivity contribution in [1.29, 1.82) is 0 Å². The van der Waals surface area contributed by atoms with Gasteiger partial charge in [0.2, 0.25) is 0 Å². The predicted octanol–water partition coefficient (Wildman–Crippen LogP) is 20.4. The third-order valence-electron chi connectivity index (χ3n) is 17.6. The van der Waals surface area contributed by atoms with Gasteiger partial charge >= 0.3 is 0 Å². The number of hydrogen-bond donors (Lipinski definition) is 0. The van der Waals surface area contributed by atoms with E-state index >= 15 is 0 Å². The summed E-state index contributed by atoms with van der Waals surface area (Å²) < 4.78 is 12.7. The van der Waals surface area contributed by atoms with Gasteiger partial charge in [0.15, 0.2) is 40.8 Å². The predicted molar refractivity (Wildman–Crippen MR) is 392 cm³/mol. The maximum atomic E-state index is 6.73. The maximum absolute atomic E-state index is 6.73. The lowest BCUT2D eigenvalue weighted by Crippen LogP contribution is -2.13. The van der Waals surface area contributed by atoms with Crippen molar-refractivity contribution < 1.29 is 9.15 Å². The number of benzene rings is 11. The summed E-state index contributed by atoms with van der Waals surface area (Å²) in [5, 5.41) is 5.75. The zero-order valence-corrected chi connectivity index (χ0v) is 52.8. The number of nitrogens with zero attached hydrogens (tertiary/aromatic N) is 10. The van der Waals surface area contributed by atoms with E-state index in [0.717, 1.165) is 116 Å². The number of aromatic nitrogens is 10. The Balaban J connectivity index is 0.807. The summed E-state index contributed by atoms with van der Waals surface area (Å²) in [6.45, 7) is 8.40. The van der Waals surface area contributed by atoms with Crippen LogP contribution in [-0.2, 0) is 11.2 Å². The molecule has 5 aromatic heterocycles. The van der Waals surface area contributed by atoms with Crippen LogP contribution in [-0.4, -0.2) is 49.8 Å². The first-order valence-corrected chi connectivity index (χ1v) is 32.3. The van der Waals surface area contributed by atoms with Crippen LogP contribution in [0.25, 0.3) is 162 Å². The minimum atomic E-state index is -0.401. The smallest absolute Gasteiger partial charge is 0.164 e. The second-order valence-corrected chi connectivity index (χ2v) is 24.0. The summed E-state index contributed by atoms with van der Waals surface area (Å²) in [4.78, 5) is 52.9. The van der Waals surface area contributed by atoms with Gasteiger partial charge in [0.1, 0.15) is 28.5 Å². The van der Waals surface area contributed by atoms with E-state index in [1.807, 2.05) is 188 Å². The molecule has 0 amide bonds. The van der Waals surface area contributed by atoms with Gasteiger partial charge in [-0.1, -0.05) is 256 Å². The second-order valence-electron chi connectivity index (χ2n) is 24.0. The topological polar surface area (TPSA) is 151 Å². The maximum Gasteiger partial charge on any atom is 0.164 e. The van der Waals surface area contributed by atoms with Crippen LogP contribution < -0.4 is 0 Å². The Hall–Kier alpha value is -13.3. The van der Waals surface area contributed by atoms with Crippen LogP contribution in [0.1, 0.15) is 11.6 Å². The first-order chi connectivity index (χ1) is 48.3. The van der Waals surface area contributed by atoms with Crippen LogP contribution >= 0.6 is 0 Å². The molecule has 1 aliphatic rings. The van der Waals surface area contributed by atoms with Crippen LogP contribution in [0.15, 0.2) is 326 Å². The van der Waals surface area contributed by atoms with Crippen molar-refractivity contribution in [1.82, 2.24) is 49.8 Å². The lowest BCUT2D eigenvalue weighted by molar-refractivity contribution is 0.340. The Morgan fingerprint density at radius 3 is 1.50 bits per heavy atom. The fraction of sp³-hybridized carbons (Fsp3) is 0.0233. The Morgan fingerprint density at radius 1 is 0.327 bits per heavy atom. The van der Waals surface area contributed by atoms with E-state index in [-0.39, 0.29) is 0 Å². The lowest BCUT2D eigenvalue weighted by atomic mass is 9.92. The lowest BCUT2D eigenvalue weighted by Gasteiger charge is -2.19. The number of ether oxygens (including phenoxy) is 1. The first-order valence-electron chi connectivity index (χ1n) is 32.3. The summed E-state index contributed by atoms with van der Waals surface area (Å²) >= 11 is 0. The Morgan fingerprint density at radius 2 is 0.816 bits per heavy atom. The highest BCUT2D eigenvalue weighted by Crippen LogP contribution is 2.43. The van der Waals surface area contributed by atoms with Gasteiger partial charge in [-0.25, -0.2) is 49.8 Å². The fourth-order valence-electron chi connectivity index (χ4n) is 12.9. The van der Waals surface area contributed by atoms with E-state index in [9.17, 15) is 0 Å². The summed E-state index contributed by atoms with van der Waals surface area (Å²) in [5.41, 5.74) is 14.1. The normalized spacial score (nSPS) is 14.2. The summed E-state index contributed by atoms with van der Waals surface area (Å²) in [6, 6.07) is 90.0. The van der Waals surface area contributed by atoms with E-state index in [2.05, 4.69) is 122 Å². The molecular formula is C86H56N10O2. The molecular weight excluding hydrogens is 1210 g/mol. The first kappa shape index (κ1) is 58.5. The molecule has 98 heavy (non-hydrogen) atoms. The fourth-order valence-corrected chi connectivity index (χ4v) is 12.9. The van der Waals surface area contributed by atoms with Crippen molar-refractivity contribution in [3.63, 3.8) is 0 Å². The number of fused-ring (bicyclic) bond motifs is 6. The molecule has 0 aliphatic carbocycles. The zero-order chi connectivity index (χ0) is 65.5. The molecule has 16 aromatic rings. The largest absolute Gasteiger partial charge is 0.459 e. The SMILES string of the molecule is C=C1C=C/C=C(/c2nc(-c3ccc4ccccc4c3)c3ccc(-c4cccc(-c5nc(-c6ccccc6)nc(-c6cccc7oc8cccc(-c9nc(-c%10ccccc%10)c%10ccccc%10n9)c8c67)n5)c4)cc3n2)C(Cc2nc(-c3ccccc3)nc(-c3ccccc3)n2)/C=C\C(=C)O1. The molecule has 0 radical (unpaired) electrons. The van der Waals surface area contributed by atoms with E-state index < -0.39 is 5.92 Å². The Bertz CT molecular complexity index is 5870.